The van der Waals surface area contributed by atoms with Gasteiger partial charge in [-0.2, -0.15) is 10.4 Å². The summed E-state index contributed by atoms with van der Waals surface area (Å²) in [4.78, 5) is 8.57. The molecule has 0 spiro atoms. The average Bonchev–Trinajstić information content (AvgIpc) is 3.35. The molecule has 0 saturated heterocycles. The van der Waals surface area contributed by atoms with E-state index in [9.17, 15) is 5.26 Å². The molecule has 3 rings (SSSR count). The number of rotatable bonds is 6. The molecule has 1 aliphatic carbocycles. The van der Waals surface area contributed by atoms with E-state index in [-0.39, 0.29) is 6.04 Å². The van der Waals surface area contributed by atoms with Crippen molar-refractivity contribution in [2.24, 2.45) is 15.9 Å². The van der Waals surface area contributed by atoms with Crippen molar-refractivity contribution in [3.63, 3.8) is 0 Å². The summed E-state index contributed by atoms with van der Waals surface area (Å²) in [6, 6.07) is 4.46. The molecular formula is C18H21IN6. The summed E-state index contributed by atoms with van der Waals surface area (Å²) in [6.07, 6.45) is 11.1. The summed E-state index contributed by atoms with van der Waals surface area (Å²) in [7, 11) is 1.77. The third-order valence-electron chi connectivity index (χ3n) is 4.90. The van der Waals surface area contributed by atoms with Gasteiger partial charge in [-0.1, -0.05) is 12.8 Å². The van der Waals surface area contributed by atoms with Gasteiger partial charge in [0.25, 0.3) is 0 Å². The Labute approximate surface area is 161 Å². The fourth-order valence-electron chi connectivity index (χ4n) is 3.70. The molecule has 0 aromatic carbocycles. The van der Waals surface area contributed by atoms with Gasteiger partial charge in [0.2, 0.25) is 0 Å². The Bertz CT molecular complexity index is 819. The van der Waals surface area contributed by atoms with Gasteiger partial charge in [0.05, 0.1) is 53.3 Å². The predicted molar refractivity (Wildman–Crippen MR) is 108 cm³/mol. The number of aromatic nitrogens is 3. The van der Waals surface area contributed by atoms with Gasteiger partial charge in [0.1, 0.15) is 5.82 Å². The van der Waals surface area contributed by atoms with Crippen LogP contribution in [0.4, 0.5) is 5.82 Å². The van der Waals surface area contributed by atoms with Crippen molar-refractivity contribution in [3.8, 4) is 6.07 Å². The standard InChI is InChI=1S/C18H21IN6/c1-21-17(15-8-10-24(19)18(15)22-2)14-11-23-25(12-14)16(7-9-20)13-5-3-4-6-13/h8,10-13,16H,2-7H2,1H3/t16-/m1/s1. The molecule has 1 aliphatic rings. The van der Waals surface area contributed by atoms with E-state index < -0.39 is 0 Å². The first-order valence-corrected chi connectivity index (χ1v) is 9.39. The molecule has 2 aromatic heterocycles. The summed E-state index contributed by atoms with van der Waals surface area (Å²) in [5.74, 6) is 1.31. The Morgan fingerprint density at radius 2 is 2.28 bits per heavy atom. The van der Waals surface area contributed by atoms with Crippen LogP contribution in [-0.4, -0.2) is 32.0 Å². The van der Waals surface area contributed by atoms with Crippen molar-refractivity contribution in [2.75, 3.05) is 7.05 Å². The van der Waals surface area contributed by atoms with Gasteiger partial charge < -0.3 is 0 Å². The first kappa shape index (κ1) is 17.9. The van der Waals surface area contributed by atoms with Crippen LogP contribution in [0.3, 0.4) is 0 Å². The molecule has 1 fully saturated rings. The highest BCUT2D eigenvalue weighted by Crippen LogP contribution is 2.36. The normalized spacial score (nSPS) is 16.8. The number of hydrogen-bond donors (Lipinski definition) is 0. The Balaban J connectivity index is 1.93. The second kappa shape index (κ2) is 7.95. The lowest BCUT2D eigenvalue weighted by Crippen LogP contribution is -2.17. The van der Waals surface area contributed by atoms with Crippen LogP contribution in [0, 0.1) is 17.2 Å². The van der Waals surface area contributed by atoms with Crippen LogP contribution in [0.15, 0.2) is 34.6 Å². The fourth-order valence-corrected chi connectivity index (χ4v) is 4.27. The van der Waals surface area contributed by atoms with E-state index in [4.69, 9.17) is 0 Å². The van der Waals surface area contributed by atoms with Crippen molar-refractivity contribution < 1.29 is 0 Å². The molecule has 0 N–H and O–H groups in total. The van der Waals surface area contributed by atoms with Crippen LogP contribution in [0.1, 0.15) is 49.3 Å². The minimum atomic E-state index is 0.144. The third-order valence-corrected chi connectivity index (χ3v) is 5.68. The maximum atomic E-state index is 9.23. The van der Waals surface area contributed by atoms with Crippen LogP contribution < -0.4 is 0 Å². The first-order valence-electron chi connectivity index (χ1n) is 8.42. The Morgan fingerprint density at radius 1 is 1.52 bits per heavy atom. The zero-order valence-corrected chi connectivity index (χ0v) is 16.4. The highest BCUT2D eigenvalue weighted by atomic mass is 127. The van der Waals surface area contributed by atoms with E-state index in [0.29, 0.717) is 12.3 Å². The molecular weight excluding hydrogens is 427 g/mol. The molecule has 1 atom stereocenters. The van der Waals surface area contributed by atoms with Crippen molar-refractivity contribution in [1.29, 1.82) is 5.26 Å². The second-order valence-electron chi connectivity index (χ2n) is 6.28. The molecule has 2 aromatic rings. The molecule has 0 amide bonds. The van der Waals surface area contributed by atoms with Crippen molar-refractivity contribution >= 4 is 41.1 Å². The SMILES string of the molecule is C=Nc1c(C(=NC)c2cnn([C@H](CC#N)C3CCCC3)c2)ccn1I. The zero-order chi connectivity index (χ0) is 17.8. The Kier molecular flexibility index (Phi) is 5.68. The van der Waals surface area contributed by atoms with Crippen LogP contribution in [-0.2, 0) is 0 Å². The topological polar surface area (TPSA) is 71.3 Å². The largest absolute Gasteiger partial charge is 0.287 e. The van der Waals surface area contributed by atoms with Gasteiger partial charge in [0.15, 0.2) is 0 Å². The molecule has 0 aliphatic heterocycles. The first-order chi connectivity index (χ1) is 12.2. The van der Waals surface area contributed by atoms with Crippen LogP contribution in [0.2, 0.25) is 0 Å². The van der Waals surface area contributed by atoms with Gasteiger partial charge >= 0.3 is 0 Å². The molecule has 0 radical (unpaired) electrons. The van der Waals surface area contributed by atoms with E-state index in [1.165, 1.54) is 25.7 Å². The van der Waals surface area contributed by atoms with E-state index in [1.807, 2.05) is 32.1 Å². The molecule has 7 heteroatoms. The molecule has 6 nitrogen and oxygen atoms in total. The van der Waals surface area contributed by atoms with Gasteiger partial charge in [-0.25, -0.2) is 4.99 Å². The Hall–Kier alpha value is -1.95. The number of aliphatic imine (C=N–C) groups is 2. The lowest BCUT2D eigenvalue weighted by molar-refractivity contribution is 0.314. The maximum absolute atomic E-state index is 9.23. The third kappa shape index (κ3) is 3.54. The molecule has 1 saturated carbocycles. The van der Waals surface area contributed by atoms with Gasteiger partial charge in [-0.05, 0) is 31.5 Å². The van der Waals surface area contributed by atoms with E-state index >= 15 is 0 Å². The molecule has 0 bridgehead atoms. The second-order valence-corrected chi connectivity index (χ2v) is 7.32. The highest BCUT2D eigenvalue weighted by molar-refractivity contribution is 14.1. The number of nitriles is 1. The Morgan fingerprint density at radius 3 is 2.92 bits per heavy atom. The quantitative estimate of drug-likeness (QED) is 0.488. The van der Waals surface area contributed by atoms with Gasteiger partial charge in [-0.3, -0.25) is 12.5 Å². The number of nitrogens with zero attached hydrogens (tertiary/aromatic N) is 6. The minimum Gasteiger partial charge on any atom is -0.287 e. The monoisotopic (exact) mass is 448 g/mol. The summed E-state index contributed by atoms with van der Waals surface area (Å²) in [6.45, 7) is 3.66. The van der Waals surface area contributed by atoms with Crippen molar-refractivity contribution in [1.82, 2.24) is 12.6 Å². The average molecular weight is 448 g/mol. The lowest BCUT2D eigenvalue weighted by Gasteiger charge is -2.21. The van der Waals surface area contributed by atoms with Crippen molar-refractivity contribution in [2.45, 2.75) is 38.1 Å². The van der Waals surface area contributed by atoms with Crippen LogP contribution >= 0.6 is 22.9 Å². The predicted octanol–water partition coefficient (Wildman–Crippen LogP) is 4.33. The maximum Gasteiger partial charge on any atom is 0.150 e. The van der Waals surface area contributed by atoms with Gasteiger partial charge in [0, 0.05) is 30.6 Å². The molecule has 2 heterocycles. The molecule has 130 valence electrons. The van der Waals surface area contributed by atoms with Crippen molar-refractivity contribution in [3.05, 3.63) is 35.8 Å². The molecule has 0 unspecified atom stereocenters. The van der Waals surface area contributed by atoms with Crippen LogP contribution in [0.25, 0.3) is 0 Å². The lowest BCUT2D eigenvalue weighted by atomic mass is 9.96. The number of halogens is 1. The minimum absolute atomic E-state index is 0.144. The smallest absolute Gasteiger partial charge is 0.150 e. The molecule has 25 heavy (non-hydrogen) atoms. The summed E-state index contributed by atoms with van der Waals surface area (Å²) < 4.78 is 3.86. The van der Waals surface area contributed by atoms with Gasteiger partial charge in [-0.15, -0.1) is 0 Å². The summed E-state index contributed by atoms with van der Waals surface area (Å²) in [5, 5.41) is 13.8. The summed E-state index contributed by atoms with van der Waals surface area (Å²) >= 11 is 2.17. The van der Waals surface area contributed by atoms with E-state index in [1.54, 1.807) is 7.05 Å². The van der Waals surface area contributed by atoms with E-state index in [0.717, 1.165) is 22.7 Å². The fraction of sp³-hybridized carbons (Fsp3) is 0.444. The highest BCUT2D eigenvalue weighted by Gasteiger charge is 2.27. The zero-order valence-electron chi connectivity index (χ0n) is 14.3. The van der Waals surface area contributed by atoms with E-state index in [2.05, 4.69) is 50.7 Å². The van der Waals surface area contributed by atoms with Crippen LogP contribution in [0.5, 0.6) is 0 Å². The number of hydrogen-bond acceptors (Lipinski definition) is 4. The summed E-state index contributed by atoms with van der Waals surface area (Å²) in [5.41, 5.74) is 2.71.